The Morgan fingerprint density at radius 2 is 0.667 bits per heavy atom. The Hall–Kier alpha value is -5.93. The topological polar surface area (TPSA) is 14.8 Å². The summed E-state index contributed by atoms with van der Waals surface area (Å²) in [5, 5.41) is 8.17. The minimum absolute atomic E-state index is 0.131. The number of benzene rings is 7. The minimum atomic E-state index is 0.131. The van der Waals surface area contributed by atoms with Gasteiger partial charge in [-0.2, -0.15) is 0 Å². The van der Waals surface area contributed by atoms with Gasteiger partial charge in [0.15, 0.2) is 0 Å². The third-order valence-corrected chi connectivity index (χ3v) is 14.4. The summed E-state index contributed by atoms with van der Waals surface area (Å²) >= 11 is 0. The zero-order valence-electron chi connectivity index (χ0n) is 31.6. The molecule has 5 heteroatoms. The molecule has 0 aliphatic carbocycles. The smallest absolute Gasteiger partial charge is 0.252 e. The quantitative estimate of drug-likeness (QED) is 0.148. The molecular formula is C49H35B2N3. The Kier molecular flexibility index (Phi) is 4.61. The molecule has 3 aromatic heterocycles. The van der Waals surface area contributed by atoms with E-state index in [0.29, 0.717) is 0 Å². The van der Waals surface area contributed by atoms with Crippen molar-refractivity contribution in [2.75, 3.05) is 0 Å². The van der Waals surface area contributed by atoms with Crippen LogP contribution in [0.25, 0.3) is 82.5 Å². The number of nitrogens with zero attached hydrogens (tertiary/aromatic N) is 3. The Morgan fingerprint density at radius 3 is 1.06 bits per heavy atom. The lowest BCUT2D eigenvalue weighted by atomic mass is 9.28. The van der Waals surface area contributed by atoms with Crippen molar-refractivity contribution in [1.82, 2.24) is 13.7 Å². The molecular weight excluding hydrogens is 652 g/mol. The molecule has 0 bridgehead atoms. The van der Waals surface area contributed by atoms with Gasteiger partial charge in [-0.1, -0.05) is 95.1 Å². The van der Waals surface area contributed by atoms with Gasteiger partial charge in [0.25, 0.3) is 13.4 Å². The Morgan fingerprint density at radius 1 is 0.333 bits per heavy atom. The van der Waals surface area contributed by atoms with Crippen LogP contribution < -0.4 is 32.8 Å². The van der Waals surface area contributed by atoms with Gasteiger partial charge in [-0.05, 0) is 110 Å². The van der Waals surface area contributed by atoms with Crippen LogP contribution in [0.15, 0.2) is 84.9 Å². The molecule has 0 unspecified atom stereocenters. The molecule has 0 saturated heterocycles. The maximum absolute atomic E-state index is 2.77. The third kappa shape index (κ3) is 2.76. The lowest BCUT2D eigenvalue weighted by Crippen LogP contribution is -2.68. The number of hydrogen-bond acceptors (Lipinski definition) is 0. The average Bonchev–Trinajstić information content (AvgIpc) is 3.78. The predicted molar refractivity (Wildman–Crippen MR) is 232 cm³/mol. The predicted octanol–water partition coefficient (Wildman–Crippen LogP) is 7.42. The molecule has 3 nitrogen and oxygen atoms in total. The van der Waals surface area contributed by atoms with E-state index in [4.69, 9.17) is 0 Å². The largest absolute Gasteiger partial charge is 0.311 e. The molecule has 10 aromatic rings. The zero-order chi connectivity index (χ0) is 36.0. The van der Waals surface area contributed by atoms with E-state index in [1.54, 1.807) is 0 Å². The van der Waals surface area contributed by atoms with E-state index < -0.39 is 0 Å². The second-order valence-corrected chi connectivity index (χ2v) is 17.2. The fourth-order valence-corrected chi connectivity index (χ4v) is 12.4. The molecule has 4 aliphatic rings. The lowest BCUT2D eigenvalue weighted by molar-refractivity contribution is 1.08. The minimum Gasteiger partial charge on any atom is -0.311 e. The highest BCUT2D eigenvalue weighted by molar-refractivity contribution is 7.05. The maximum Gasteiger partial charge on any atom is 0.252 e. The van der Waals surface area contributed by atoms with Crippen molar-refractivity contribution in [2.24, 2.45) is 0 Å². The molecule has 14 rings (SSSR count). The van der Waals surface area contributed by atoms with Gasteiger partial charge in [-0.15, -0.1) is 0 Å². The molecule has 252 valence electrons. The summed E-state index contributed by atoms with van der Waals surface area (Å²) in [5.41, 5.74) is 30.8. The summed E-state index contributed by atoms with van der Waals surface area (Å²) in [5.74, 6) is 0. The molecule has 4 aliphatic heterocycles. The molecule has 7 aromatic carbocycles. The van der Waals surface area contributed by atoms with E-state index in [9.17, 15) is 0 Å². The van der Waals surface area contributed by atoms with Gasteiger partial charge in [0, 0.05) is 71.4 Å². The number of aromatic nitrogens is 3. The van der Waals surface area contributed by atoms with Crippen molar-refractivity contribution in [3.63, 3.8) is 0 Å². The van der Waals surface area contributed by atoms with E-state index in [-0.39, 0.29) is 13.4 Å². The van der Waals surface area contributed by atoms with Gasteiger partial charge in [0.1, 0.15) is 0 Å². The van der Waals surface area contributed by atoms with Crippen LogP contribution in [-0.2, 0) is 0 Å². The van der Waals surface area contributed by atoms with Gasteiger partial charge in [-0.3, -0.25) is 0 Å². The molecule has 0 radical (unpaired) electrons. The monoisotopic (exact) mass is 687 g/mol. The van der Waals surface area contributed by atoms with Crippen LogP contribution in [0, 0.1) is 48.5 Å². The van der Waals surface area contributed by atoms with Crippen LogP contribution in [0.4, 0.5) is 0 Å². The molecule has 0 N–H and O–H groups in total. The highest BCUT2D eigenvalue weighted by Gasteiger charge is 2.51. The van der Waals surface area contributed by atoms with Crippen molar-refractivity contribution in [2.45, 2.75) is 48.5 Å². The number of fused-ring (bicyclic) bond motifs is 13. The van der Waals surface area contributed by atoms with Gasteiger partial charge in [0.05, 0.1) is 11.0 Å². The lowest BCUT2D eigenvalue weighted by Gasteiger charge is -2.43. The standard InChI is InChI=1S/C49H35B2N3/c1-22-8-14-29-31-16-10-24(3)37-45(31)52(35(29)20-22)43-28(7)44-42-49-41(43)50(37)39-26(5)12-18-33-34-19-13-27(6)40(48(34)54(49)47(33)39)51(42)38-25(4)11-17-32-30-15-9-23(2)21-36(30)53(44)46(32)38/h8-21H,1-7H3. The van der Waals surface area contributed by atoms with E-state index in [0.717, 1.165) is 0 Å². The fraction of sp³-hybridized carbons (Fsp3) is 0.143. The molecule has 0 saturated carbocycles. The van der Waals surface area contributed by atoms with Gasteiger partial charge < -0.3 is 13.7 Å². The van der Waals surface area contributed by atoms with Crippen LogP contribution in [0.2, 0.25) is 0 Å². The van der Waals surface area contributed by atoms with Gasteiger partial charge >= 0.3 is 0 Å². The fourth-order valence-electron chi connectivity index (χ4n) is 12.4. The van der Waals surface area contributed by atoms with E-state index in [1.165, 1.54) is 154 Å². The molecule has 0 amide bonds. The van der Waals surface area contributed by atoms with E-state index in [1.807, 2.05) is 0 Å². The number of aryl methyl sites for hydroxylation is 6. The summed E-state index contributed by atoms with van der Waals surface area (Å²) in [6, 6.07) is 33.5. The average molecular weight is 687 g/mol. The molecule has 54 heavy (non-hydrogen) atoms. The number of hydrogen-bond donors (Lipinski definition) is 0. The normalized spacial score (nSPS) is 14.1. The van der Waals surface area contributed by atoms with Crippen LogP contribution in [0.1, 0.15) is 38.9 Å². The summed E-state index contributed by atoms with van der Waals surface area (Å²) in [7, 11) is 0. The van der Waals surface area contributed by atoms with Crippen molar-refractivity contribution in [1.29, 1.82) is 0 Å². The highest BCUT2D eigenvalue weighted by atomic mass is 15.1. The first-order chi connectivity index (χ1) is 26.2. The van der Waals surface area contributed by atoms with Crippen molar-refractivity contribution >= 4 is 112 Å². The first kappa shape index (κ1) is 28.6. The summed E-state index contributed by atoms with van der Waals surface area (Å²) in [4.78, 5) is 0. The summed E-state index contributed by atoms with van der Waals surface area (Å²) in [6.07, 6.45) is 0. The van der Waals surface area contributed by atoms with E-state index in [2.05, 4.69) is 147 Å². The SMILES string of the molecule is Cc1ccc2c3ccc(C)c4c3n(c2c1)-c1c(C)c2c3c5c1B4c1c(C)ccc4c6ccc(C)c(c6n-5c14)B3c1c(C)ccc3c4ccc(C)cc4n-2c13. The molecule has 7 heterocycles. The molecule has 0 spiro atoms. The van der Waals surface area contributed by atoms with Crippen LogP contribution in [0.5, 0.6) is 0 Å². The maximum atomic E-state index is 2.77. The van der Waals surface area contributed by atoms with Crippen LogP contribution >= 0.6 is 0 Å². The Labute approximate surface area is 313 Å². The van der Waals surface area contributed by atoms with E-state index >= 15 is 0 Å². The summed E-state index contributed by atoms with van der Waals surface area (Å²) in [6.45, 7) is 16.7. The molecule has 0 fully saturated rings. The Bertz CT molecular complexity index is 3360. The van der Waals surface area contributed by atoms with Crippen LogP contribution in [0.3, 0.4) is 0 Å². The zero-order valence-corrected chi connectivity index (χ0v) is 31.6. The second kappa shape index (κ2) is 8.71. The molecule has 0 atom stereocenters. The van der Waals surface area contributed by atoms with Crippen LogP contribution in [-0.4, -0.2) is 27.1 Å². The summed E-state index contributed by atoms with van der Waals surface area (Å²) < 4.78 is 8.19. The van der Waals surface area contributed by atoms with Gasteiger partial charge in [-0.25, -0.2) is 0 Å². The second-order valence-electron chi connectivity index (χ2n) is 17.2. The van der Waals surface area contributed by atoms with Gasteiger partial charge in [0.2, 0.25) is 0 Å². The Balaban J connectivity index is 1.36. The third-order valence-electron chi connectivity index (χ3n) is 14.4. The van der Waals surface area contributed by atoms with Crippen molar-refractivity contribution < 1.29 is 0 Å². The van der Waals surface area contributed by atoms with Crippen molar-refractivity contribution in [3.8, 4) is 17.1 Å². The first-order valence-electron chi connectivity index (χ1n) is 19.6. The first-order valence-corrected chi connectivity index (χ1v) is 19.6. The number of rotatable bonds is 0. The van der Waals surface area contributed by atoms with Crippen molar-refractivity contribution in [3.05, 3.63) is 124 Å². The highest BCUT2D eigenvalue weighted by Crippen LogP contribution is 2.45.